The van der Waals surface area contributed by atoms with Gasteiger partial charge in [0.25, 0.3) is 5.60 Å². The quantitative estimate of drug-likeness (QED) is 0.533. The summed E-state index contributed by atoms with van der Waals surface area (Å²) in [7, 11) is -3.90. The van der Waals surface area contributed by atoms with Crippen LogP contribution in [0.1, 0.15) is 24.8 Å². The Morgan fingerprint density at radius 2 is 1.35 bits per heavy atom. The maximum atomic E-state index is 13.3. The number of carbonyl (C=O) groups excluding carboxylic acids is 1. The monoisotopic (exact) mass is 570 g/mol. The SMILES string of the molecule is O=C1N(c2ccc(C(O)(C(F)(F)F)C(F)(F)F)cc2)CCC12CCN(S(=O)(=O)c1ccccc1Cl)CC2. The summed E-state index contributed by atoms with van der Waals surface area (Å²) in [5.41, 5.74) is -7.32. The molecule has 2 heterocycles. The van der Waals surface area contributed by atoms with Crippen molar-refractivity contribution in [3.63, 3.8) is 0 Å². The molecule has 2 fully saturated rings. The summed E-state index contributed by atoms with van der Waals surface area (Å²) in [6.45, 7) is 0.227. The van der Waals surface area contributed by atoms with Crippen molar-refractivity contribution in [2.75, 3.05) is 24.5 Å². The van der Waals surface area contributed by atoms with Crippen molar-refractivity contribution >= 4 is 33.2 Å². The topological polar surface area (TPSA) is 77.9 Å². The number of anilines is 1. The third-order valence-corrected chi connectivity index (χ3v) is 9.46. The summed E-state index contributed by atoms with van der Waals surface area (Å²) < 4.78 is 106. The number of amides is 1. The third-order valence-electron chi connectivity index (χ3n) is 7.06. The molecule has 2 aliphatic rings. The van der Waals surface area contributed by atoms with Gasteiger partial charge in [-0.15, -0.1) is 0 Å². The van der Waals surface area contributed by atoms with Crippen LogP contribution in [0.25, 0.3) is 0 Å². The maximum Gasteiger partial charge on any atom is 0.430 e. The third kappa shape index (κ3) is 4.49. The molecular formula is C23H21ClF6N2O4S. The lowest BCUT2D eigenvalue weighted by molar-refractivity contribution is -0.376. The smallest absolute Gasteiger partial charge is 0.369 e. The number of nitrogens with zero attached hydrogens (tertiary/aromatic N) is 2. The predicted molar refractivity (Wildman–Crippen MR) is 121 cm³/mol. The Morgan fingerprint density at radius 1 is 0.838 bits per heavy atom. The van der Waals surface area contributed by atoms with Gasteiger partial charge < -0.3 is 10.0 Å². The molecule has 0 radical (unpaired) electrons. The van der Waals surface area contributed by atoms with E-state index in [2.05, 4.69) is 0 Å². The summed E-state index contributed by atoms with van der Waals surface area (Å²) in [6, 6.07) is 8.80. The second-order valence-electron chi connectivity index (χ2n) is 9.07. The zero-order valence-corrected chi connectivity index (χ0v) is 20.6. The molecule has 0 bridgehead atoms. The van der Waals surface area contributed by atoms with Crippen LogP contribution in [0.4, 0.5) is 32.0 Å². The molecule has 2 aromatic carbocycles. The number of sulfonamides is 1. The molecule has 14 heteroatoms. The van der Waals surface area contributed by atoms with Gasteiger partial charge in [-0.25, -0.2) is 8.42 Å². The van der Waals surface area contributed by atoms with Gasteiger partial charge in [0.15, 0.2) is 0 Å². The molecule has 1 N–H and O–H groups in total. The number of alkyl halides is 6. The number of carbonyl (C=O) groups is 1. The van der Waals surface area contributed by atoms with Crippen molar-refractivity contribution in [3.8, 4) is 0 Å². The summed E-state index contributed by atoms with van der Waals surface area (Å²) in [5, 5.41) is 9.63. The second kappa shape index (κ2) is 9.14. The van der Waals surface area contributed by atoms with Crippen LogP contribution in [0.2, 0.25) is 5.02 Å². The minimum atomic E-state index is -6.02. The average Bonchev–Trinajstić information content (AvgIpc) is 3.13. The highest BCUT2D eigenvalue weighted by molar-refractivity contribution is 7.89. The molecule has 37 heavy (non-hydrogen) atoms. The molecule has 6 nitrogen and oxygen atoms in total. The normalized spacial score (nSPS) is 19.6. The lowest BCUT2D eigenvalue weighted by Gasteiger charge is -2.37. The molecule has 2 aromatic rings. The average molecular weight is 571 g/mol. The fraction of sp³-hybridized carbons (Fsp3) is 0.435. The van der Waals surface area contributed by atoms with Crippen molar-refractivity contribution in [2.24, 2.45) is 5.41 Å². The van der Waals surface area contributed by atoms with Gasteiger partial charge in [0.2, 0.25) is 15.9 Å². The van der Waals surface area contributed by atoms with E-state index in [1.807, 2.05) is 0 Å². The molecule has 4 rings (SSSR count). The van der Waals surface area contributed by atoms with Gasteiger partial charge in [-0.3, -0.25) is 4.79 Å². The molecule has 1 spiro atoms. The first kappa shape index (κ1) is 27.7. The molecule has 0 atom stereocenters. The summed E-state index contributed by atoms with van der Waals surface area (Å²) >= 11 is 6.04. The van der Waals surface area contributed by atoms with Gasteiger partial charge in [-0.05, 0) is 43.5 Å². The van der Waals surface area contributed by atoms with E-state index in [-0.39, 0.29) is 48.1 Å². The van der Waals surface area contributed by atoms with Crippen LogP contribution in [0.3, 0.4) is 0 Å². The molecule has 2 aliphatic heterocycles. The number of piperidine rings is 1. The fourth-order valence-electron chi connectivity index (χ4n) is 4.85. The van der Waals surface area contributed by atoms with Crippen molar-refractivity contribution in [1.29, 1.82) is 0 Å². The van der Waals surface area contributed by atoms with Crippen molar-refractivity contribution in [3.05, 3.63) is 59.1 Å². The highest BCUT2D eigenvalue weighted by atomic mass is 35.5. The standard InChI is InChI=1S/C23H21ClF6N2O4S/c24-17-3-1-2-4-18(17)37(35,36)31-12-9-20(10-13-31)11-14-32(19(20)33)16-7-5-15(6-8-16)21(34,22(25,26)27)23(28,29)30/h1-8,34H,9-14H2. The molecular weight excluding hydrogens is 550 g/mol. The molecule has 1 amide bonds. The second-order valence-corrected chi connectivity index (χ2v) is 11.4. The van der Waals surface area contributed by atoms with Crippen LogP contribution in [-0.2, 0) is 20.4 Å². The van der Waals surface area contributed by atoms with Crippen LogP contribution < -0.4 is 4.90 Å². The number of benzene rings is 2. The lowest BCUT2D eigenvalue weighted by Crippen LogP contribution is -2.53. The van der Waals surface area contributed by atoms with E-state index in [9.17, 15) is 44.7 Å². The van der Waals surface area contributed by atoms with Crippen LogP contribution >= 0.6 is 11.6 Å². The number of rotatable bonds is 4. The highest BCUT2D eigenvalue weighted by Gasteiger charge is 2.71. The van der Waals surface area contributed by atoms with E-state index in [4.69, 9.17) is 11.6 Å². The molecule has 0 saturated carbocycles. The molecule has 0 unspecified atom stereocenters. The van der Waals surface area contributed by atoms with E-state index in [0.29, 0.717) is 18.6 Å². The first-order valence-corrected chi connectivity index (χ1v) is 12.9. The van der Waals surface area contributed by atoms with E-state index in [0.717, 1.165) is 12.1 Å². The van der Waals surface area contributed by atoms with Gasteiger partial charge in [-0.1, -0.05) is 35.9 Å². The Kier molecular flexibility index (Phi) is 6.84. The van der Waals surface area contributed by atoms with Crippen molar-refractivity contribution in [2.45, 2.75) is 42.1 Å². The van der Waals surface area contributed by atoms with Crippen molar-refractivity contribution in [1.82, 2.24) is 4.31 Å². The van der Waals surface area contributed by atoms with Gasteiger partial charge in [0.1, 0.15) is 4.90 Å². The highest BCUT2D eigenvalue weighted by Crippen LogP contribution is 2.50. The van der Waals surface area contributed by atoms with E-state index < -0.39 is 44.9 Å². The molecule has 2 saturated heterocycles. The largest absolute Gasteiger partial charge is 0.430 e. The first-order valence-electron chi connectivity index (χ1n) is 11.1. The predicted octanol–water partition coefficient (Wildman–Crippen LogP) is 4.86. The minimum Gasteiger partial charge on any atom is -0.369 e. The summed E-state index contributed by atoms with van der Waals surface area (Å²) in [4.78, 5) is 14.5. The van der Waals surface area contributed by atoms with Gasteiger partial charge in [0.05, 0.1) is 10.4 Å². The van der Waals surface area contributed by atoms with Gasteiger partial charge in [0, 0.05) is 30.9 Å². The minimum absolute atomic E-state index is 0.0380. The Morgan fingerprint density at radius 3 is 1.86 bits per heavy atom. The first-order chi connectivity index (χ1) is 17.0. The molecule has 0 aromatic heterocycles. The zero-order chi connectivity index (χ0) is 27.4. The van der Waals surface area contributed by atoms with Crippen LogP contribution in [0.15, 0.2) is 53.4 Å². The van der Waals surface area contributed by atoms with E-state index >= 15 is 0 Å². The lowest BCUT2D eigenvalue weighted by atomic mass is 9.77. The van der Waals surface area contributed by atoms with Crippen LogP contribution in [0, 0.1) is 5.41 Å². The summed E-state index contributed by atoms with van der Waals surface area (Å²) in [5.74, 6) is -0.392. The molecule has 202 valence electrons. The van der Waals surface area contributed by atoms with Gasteiger partial charge in [-0.2, -0.15) is 30.6 Å². The Balaban J connectivity index is 1.51. The Bertz CT molecular complexity index is 1280. The fourth-order valence-corrected chi connectivity index (χ4v) is 6.78. The van der Waals surface area contributed by atoms with Crippen LogP contribution in [-0.4, -0.2) is 55.7 Å². The van der Waals surface area contributed by atoms with Gasteiger partial charge >= 0.3 is 12.4 Å². The number of hydrogen-bond donors (Lipinski definition) is 1. The molecule has 0 aliphatic carbocycles. The summed E-state index contributed by atoms with van der Waals surface area (Å²) in [6.07, 6.45) is -11.3. The van der Waals surface area contributed by atoms with E-state index in [1.165, 1.54) is 27.4 Å². The van der Waals surface area contributed by atoms with Crippen LogP contribution in [0.5, 0.6) is 0 Å². The maximum absolute atomic E-state index is 13.3. The van der Waals surface area contributed by atoms with E-state index in [1.54, 1.807) is 6.07 Å². The number of aliphatic hydroxyl groups is 1. The number of halogens is 7. The Hall–Kier alpha value is -2.35. The zero-order valence-electron chi connectivity index (χ0n) is 19.0. The van der Waals surface area contributed by atoms with Crippen molar-refractivity contribution < 1.29 is 44.7 Å². The number of hydrogen-bond acceptors (Lipinski definition) is 4. The Labute approximate surface area is 213 Å².